The first-order valence-electron chi connectivity index (χ1n) is 12.2. The highest BCUT2D eigenvalue weighted by molar-refractivity contribution is 6.94. The van der Waals surface area contributed by atoms with E-state index in [1.54, 1.807) is 7.11 Å². The third kappa shape index (κ3) is 14.0. The zero-order chi connectivity index (χ0) is 29.2. The number of hydrogen-bond donors (Lipinski definition) is 0. The van der Waals surface area contributed by atoms with E-state index in [4.69, 9.17) is 45.6 Å². The lowest BCUT2D eigenvalue weighted by molar-refractivity contribution is 0.0764. The molecule has 0 bridgehead atoms. The van der Waals surface area contributed by atoms with Crippen molar-refractivity contribution < 1.29 is 45.6 Å². The molecule has 0 aromatic carbocycles. The SMILES string of the molecule is CO[Si](C)(O[Si](C)(C)C)O[Si]1(C)O[Si](C)(O[Si]C)O[Si](C)(O[Si]O[Si](C)(C)C)O[Si](C)(O[Si](C)(C)C)O1. The van der Waals surface area contributed by atoms with Crippen LogP contribution >= 0.6 is 0 Å². The van der Waals surface area contributed by atoms with Gasteiger partial charge in [-0.3, -0.25) is 0 Å². The molecule has 1 aliphatic rings. The summed E-state index contributed by atoms with van der Waals surface area (Å²) >= 11 is 0. The van der Waals surface area contributed by atoms with Crippen molar-refractivity contribution in [3.05, 3.63) is 0 Å². The normalized spacial score (nSPS) is 34.1. The Morgan fingerprint density at radius 3 is 1.41 bits per heavy atom. The molecule has 0 aromatic rings. The van der Waals surface area contributed by atoms with Gasteiger partial charge in [0.15, 0.2) is 25.0 Å². The zero-order valence-electron chi connectivity index (χ0n) is 25.5. The quantitative estimate of drug-likeness (QED) is 0.257. The van der Waals surface area contributed by atoms with Crippen LogP contribution in [0, 0.1) is 0 Å². The fourth-order valence-corrected chi connectivity index (χ4v) is 37.3. The molecule has 0 aromatic heterocycles. The van der Waals surface area contributed by atoms with Gasteiger partial charge in [-0.2, -0.15) is 0 Å². The monoisotopic (exact) mass is 696 g/mol. The molecule has 0 aliphatic carbocycles. The second-order valence-corrected chi connectivity index (χ2v) is 42.6. The minimum atomic E-state index is -3.58. The molecule has 1 saturated heterocycles. The Labute approximate surface area is 238 Å². The summed E-state index contributed by atoms with van der Waals surface area (Å²) in [6.45, 7) is 29.8. The summed E-state index contributed by atoms with van der Waals surface area (Å²) < 4.78 is 70.5. The maximum absolute atomic E-state index is 6.76. The highest BCUT2D eigenvalue weighted by Crippen LogP contribution is 2.36. The second kappa shape index (κ2) is 12.9. The van der Waals surface area contributed by atoms with Crippen LogP contribution in [-0.2, 0) is 45.6 Å². The van der Waals surface area contributed by atoms with Crippen molar-refractivity contribution >= 4 is 88.7 Å². The van der Waals surface area contributed by atoms with Crippen molar-refractivity contribution in [2.75, 3.05) is 7.11 Å². The predicted octanol–water partition coefficient (Wildman–Crippen LogP) is 4.36. The molecule has 1 aliphatic heterocycles. The van der Waals surface area contributed by atoms with Crippen LogP contribution in [0.2, 0.25) is 98.2 Å². The zero-order valence-corrected chi connectivity index (χ0v) is 35.5. The van der Waals surface area contributed by atoms with Crippen molar-refractivity contribution in [3.8, 4) is 0 Å². The van der Waals surface area contributed by atoms with E-state index < -0.39 is 69.0 Å². The molecule has 1 heterocycles. The van der Waals surface area contributed by atoms with Crippen molar-refractivity contribution in [2.24, 2.45) is 0 Å². The summed E-state index contributed by atoms with van der Waals surface area (Å²) in [7, 11) is -21.5. The first-order valence-corrected chi connectivity index (χ1v) is 35.8. The fourth-order valence-electron chi connectivity index (χ4n) is 3.56. The third-order valence-electron chi connectivity index (χ3n) is 4.07. The molecule has 0 spiro atoms. The Balaban J connectivity index is 3.53. The van der Waals surface area contributed by atoms with Crippen LogP contribution < -0.4 is 0 Å². The van der Waals surface area contributed by atoms with Gasteiger partial charge in [-0.15, -0.1) is 0 Å². The summed E-state index contributed by atoms with van der Waals surface area (Å²) in [6.07, 6.45) is 0. The van der Waals surface area contributed by atoms with Gasteiger partial charge in [-0.25, -0.2) is 0 Å². The third-order valence-corrected chi connectivity index (χ3v) is 34.4. The van der Waals surface area contributed by atoms with Crippen LogP contribution in [0.3, 0.4) is 0 Å². The molecule has 21 heteroatoms. The first kappa shape index (κ1) is 36.8. The average Bonchev–Trinajstić information content (AvgIpc) is 2.54. The molecule has 37 heavy (non-hydrogen) atoms. The van der Waals surface area contributed by atoms with Gasteiger partial charge in [0.05, 0.1) is 0 Å². The standard InChI is InChI=1S/C16H48O11Si10/c1-17-33(12,21-31(6,7)8)23-37(16)25-34(13,18-28-2)24-35(14,20-29-19-30(3,4)5)26-36(15,27-37)22-32(9,10)11/h1-16H3. The van der Waals surface area contributed by atoms with Crippen LogP contribution in [0.5, 0.6) is 0 Å². The minimum Gasteiger partial charge on any atom is -0.435 e. The lowest BCUT2D eigenvalue weighted by Crippen LogP contribution is -2.73. The Morgan fingerprint density at radius 2 is 1.00 bits per heavy atom. The van der Waals surface area contributed by atoms with E-state index in [0.29, 0.717) is 0 Å². The van der Waals surface area contributed by atoms with E-state index in [2.05, 4.69) is 58.9 Å². The molecule has 218 valence electrons. The topological polar surface area (TPSA) is 102 Å². The Morgan fingerprint density at radius 1 is 0.568 bits per heavy atom. The smallest absolute Gasteiger partial charge is 0.435 e. The summed E-state index contributed by atoms with van der Waals surface area (Å²) in [5.74, 6) is 0. The fraction of sp³-hybridized carbons (Fsp3) is 1.00. The molecule has 0 saturated carbocycles. The molecule has 4 radical (unpaired) electrons. The maximum atomic E-state index is 6.76. The molecule has 0 amide bonds. The highest BCUT2D eigenvalue weighted by Gasteiger charge is 2.65. The van der Waals surface area contributed by atoms with E-state index in [1.807, 2.05) is 39.3 Å². The van der Waals surface area contributed by atoms with Crippen molar-refractivity contribution in [1.82, 2.24) is 0 Å². The molecular formula is C16H48O11Si10. The van der Waals surface area contributed by atoms with Gasteiger partial charge in [0.1, 0.15) is 0 Å². The Hall–Kier alpha value is 1.73. The van der Waals surface area contributed by atoms with Crippen molar-refractivity contribution in [2.45, 2.75) is 98.2 Å². The summed E-state index contributed by atoms with van der Waals surface area (Å²) in [6, 6.07) is 0. The van der Waals surface area contributed by atoms with E-state index in [0.717, 1.165) is 0 Å². The van der Waals surface area contributed by atoms with Gasteiger partial charge < -0.3 is 45.6 Å². The molecule has 1 rings (SSSR count). The van der Waals surface area contributed by atoms with Crippen LogP contribution in [0.25, 0.3) is 0 Å². The van der Waals surface area contributed by atoms with Gasteiger partial charge in [-0.1, -0.05) is 0 Å². The lowest BCUT2D eigenvalue weighted by atomic mass is 11.8. The average molecular weight is 697 g/mol. The molecule has 11 nitrogen and oxygen atoms in total. The van der Waals surface area contributed by atoms with Crippen LogP contribution in [0.15, 0.2) is 0 Å². The van der Waals surface area contributed by atoms with Crippen molar-refractivity contribution in [1.29, 1.82) is 0 Å². The van der Waals surface area contributed by atoms with Gasteiger partial charge >= 0.3 is 54.0 Å². The predicted molar refractivity (Wildman–Crippen MR) is 163 cm³/mol. The molecule has 5 unspecified atom stereocenters. The minimum absolute atomic E-state index is 0.111. The summed E-state index contributed by atoms with van der Waals surface area (Å²) in [5, 5.41) is 0. The van der Waals surface area contributed by atoms with Gasteiger partial charge in [-0.05, 0) is 65.5 Å². The Bertz CT molecular complexity index is 752. The van der Waals surface area contributed by atoms with Gasteiger partial charge in [0.2, 0.25) is 9.76 Å². The summed E-state index contributed by atoms with van der Waals surface area (Å²) in [5.41, 5.74) is 0. The summed E-state index contributed by atoms with van der Waals surface area (Å²) in [4.78, 5) is 0. The van der Waals surface area contributed by atoms with E-state index in [9.17, 15) is 0 Å². The van der Waals surface area contributed by atoms with Crippen LogP contribution in [0.1, 0.15) is 0 Å². The van der Waals surface area contributed by atoms with Crippen LogP contribution in [-0.4, -0.2) is 95.9 Å². The van der Waals surface area contributed by atoms with Gasteiger partial charge in [0, 0.05) is 39.8 Å². The van der Waals surface area contributed by atoms with E-state index >= 15 is 0 Å². The molecule has 1 fully saturated rings. The largest absolute Gasteiger partial charge is 0.479 e. The molecular weight excluding hydrogens is 649 g/mol. The second-order valence-electron chi connectivity index (χ2n) is 12.2. The number of rotatable bonds is 13. The van der Waals surface area contributed by atoms with Gasteiger partial charge in [0.25, 0.3) is 0 Å². The first-order chi connectivity index (χ1) is 16.3. The highest BCUT2D eigenvalue weighted by atomic mass is 28.6. The Kier molecular flexibility index (Phi) is 12.8. The molecule has 0 N–H and O–H groups in total. The van der Waals surface area contributed by atoms with Crippen molar-refractivity contribution in [3.63, 3.8) is 0 Å². The van der Waals surface area contributed by atoms with E-state index in [1.165, 1.54) is 0 Å². The van der Waals surface area contributed by atoms with E-state index in [-0.39, 0.29) is 19.8 Å². The number of hydrogen-bond acceptors (Lipinski definition) is 11. The van der Waals surface area contributed by atoms with Crippen LogP contribution in [0.4, 0.5) is 0 Å². The maximum Gasteiger partial charge on any atom is 0.479 e. The molecule has 5 atom stereocenters. The lowest BCUT2D eigenvalue weighted by Gasteiger charge is -2.49.